The number of imidazole rings is 1. The molecule has 0 aliphatic carbocycles. The molecule has 3 heterocycles. The summed E-state index contributed by atoms with van der Waals surface area (Å²) in [6.07, 6.45) is 20.9. The van der Waals surface area contributed by atoms with Gasteiger partial charge in [0.25, 0.3) is 5.56 Å². The van der Waals surface area contributed by atoms with Crippen molar-refractivity contribution >= 4 is 17.1 Å². The summed E-state index contributed by atoms with van der Waals surface area (Å²) in [6.45, 7) is 4.99. The molecule has 2 aromatic heterocycles. The van der Waals surface area contributed by atoms with Gasteiger partial charge in [-0.15, -0.1) is 0 Å². The fourth-order valence-corrected chi connectivity index (χ4v) is 5.06. The van der Waals surface area contributed by atoms with E-state index in [2.05, 4.69) is 21.4 Å². The zero-order chi connectivity index (χ0) is 23.5. The molecule has 0 bridgehead atoms. The summed E-state index contributed by atoms with van der Waals surface area (Å²) in [7, 11) is 1.68. The summed E-state index contributed by atoms with van der Waals surface area (Å²) in [6, 6.07) is 0. The van der Waals surface area contributed by atoms with Crippen LogP contribution in [0, 0.1) is 0 Å². The average molecular weight is 460 g/mol. The van der Waals surface area contributed by atoms with Gasteiger partial charge in [-0.3, -0.25) is 14.3 Å². The van der Waals surface area contributed by atoms with E-state index in [0.717, 1.165) is 44.8 Å². The molecule has 1 saturated heterocycles. The molecule has 1 aliphatic heterocycles. The molecular weight excluding hydrogens is 414 g/mol. The molecule has 0 radical (unpaired) electrons. The van der Waals surface area contributed by atoms with Crippen molar-refractivity contribution in [3.05, 3.63) is 20.8 Å². The maximum Gasteiger partial charge on any atom is 0.329 e. The predicted octanol–water partition coefficient (Wildman–Crippen LogP) is 5.50. The van der Waals surface area contributed by atoms with Crippen LogP contribution in [0.2, 0.25) is 0 Å². The largest absolute Gasteiger partial charge is 0.342 e. The minimum Gasteiger partial charge on any atom is -0.342 e. The molecule has 0 amide bonds. The average Bonchev–Trinajstić information content (AvgIpc) is 3.46. The number of aromatic amines is 1. The van der Waals surface area contributed by atoms with Crippen LogP contribution >= 0.6 is 0 Å². The van der Waals surface area contributed by atoms with Gasteiger partial charge in [0.05, 0.1) is 0 Å². The highest BCUT2D eigenvalue weighted by atomic mass is 16.2. The van der Waals surface area contributed by atoms with Gasteiger partial charge in [0.15, 0.2) is 11.2 Å². The third kappa shape index (κ3) is 7.21. The number of aryl methyl sites for hydroxylation is 2. The van der Waals surface area contributed by atoms with Crippen LogP contribution in [-0.2, 0) is 13.6 Å². The minimum absolute atomic E-state index is 0.323. The Balaban J connectivity index is 1.40. The lowest BCUT2D eigenvalue weighted by Gasteiger charge is -2.18. The number of nitrogens with one attached hydrogen (secondary N) is 1. The number of rotatable bonds is 16. The van der Waals surface area contributed by atoms with Crippen molar-refractivity contribution in [3.63, 3.8) is 0 Å². The van der Waals surface area contributed by atoms with Crippen LogP contribution in [0.1, 0.15) is 110 Å². The molecule has 186 valence electrons. The van der Waals surface area contributed by atoms with Crippen molar-refractivity contribution in [2.24, 2.45) is 7.05 Å². The second-order valence-corrected chi connectivity index (χ2v) is 9.84. The molecule has 1 aliphatic rings. The van der Waals surface area contributed by atoms with E-state index in [1.165, 1.54) is 88.0 Å². The van der Waals surface area contributed by atoms with Crippen LogP contribution < -0.4 is 16.1 Å². The number of H-pyrrole nitrogens is 1. The Morgan fingerprint density at radius 3 is 1.85 bits per heavy atom. The molecule has 1 N–H and O–H groups in total. The summed E-state index contributed by atoms with van der Waals surface area (Å²) in [5.41, 5.74) is 0.308. The smallest absolute Gasteiger partial charge is 0.329 e. The second-order valence-electron chi connectivity index (χ2n) is 9.84. The first-order valence-corrected chi connectivity index (χ1v) is 13.6. The Labute approximate surface area is 198 Å². The van der Waals surface area contributed by atoms with Gasteiger partial charge >= 0.3 is 5.69 Å². The topological polar surface area (TPSA) is 75.9 Å². The van der Waals surface area contributed by atoms with E-state index in [-0.39, 0.29) is 5.56 Å². The van der Waals surface area contributed by atoms with Crippen molar-refractivity contribution < 1.29 is 0 Å². The normalized spacial score (nSPS) is 14.1. The number of hydrogen-bond donors (Lipinski definition) is 1. The van der Waals surface area contributed by atoms with E-state index in [1.54, 1.807) is 7.05 Å². The van der Waals surface area contributed by atoms with Gasteiger partial charge in [0.1, 0.15) is 0 Å². The first-order chi connectivity index (χ1) is 16.1. The van der Waals surface area contributed by atoms with Gasteiger partial charge in [-0.2, -0.15) is 4.98 Å². The third-order valence-corrected chi connectivity index (χ3v) is 7.11. The van der Waals surface area contributed by atoms with Crippen LogP contribution in [0.15, 0.2) is 9.59 Å². The van der Waals surface area contributed by atoms with Crippen molar-refractivity contribution in [3.8, 4) is 0 Å². The van der Waals surface area contributed by atoms with Gasteiger partial charge in [-0.05, 0) is 19.3 Å². The first-order valence-electron chi connectivity index (χ1n) is 13.6. The Kier molecular flexibility index (Phi) is 10.5. The maximum atomic E-state index is 12.6. The summed E-state index contributed by atoms with van der Waals surface area (Å²) >= 11 is 0. The lowest BCUT2D eigenvalue weighted by Crippen LogP contribution is -2.29. The molecule has 0 atom stereocenters. The van der Waals surface area contributed by atoms with E-state index < -0.39 is 5.69 Å². The minimum atomic E-state index is -0.401. The van der Waals surface area contributed by atoms with E-state index in [0.29, 0.717) is 11.2 Å². The highest BCUT2D eigenvalue weighted by Gasteiger charge is 2.23. The lowest BCUT2D eigenvalue weighted by molar-refractivity contribution is 0.525. The van der Waals surface area contributed by atoms with Crippen LogP contribution in [0.3, 0.4) is 0 Å². The third-order valence-electron chi connectivity index (χ3n) is 7.11. The monoisotopic (exact) mass is 459 g/mol. The zero-order valence-electron chi connectivity index (χ0n) is 21.0. The second kappa shape index (κ2) is 13.6. The van der Waals surface area contributed by atoms with Gasteiger partial charge in [-0.1, -0.05) is 90.4 Å². The van der Waals surface area contributed by atoms with Crippen molar-refractivity contribution in [1.29, 1.82) is 0 Å². The summed E-state index contributed by atoms with van der Waals surface area (Å²) in [5.74, 6) is 0.851. The molecule has 0 spiro atoms. The summed E-state index contributed by atoms with van der Waals surface area (Å²) in [4.78, 5) is 34.1. The lowest BCUT2D eigenvalue weighted by atomic mass is 10.0. The van der Waals surface area contributed by atoms with Crippen LogP contribution in [0.25, 0.3) is 11.2 Å². The first kappa shape index (κ1) is 25.6. The molecule has 7 heteroatoms. The van der Waals surface area contributed by atoms with Crippen molar-refractivity contribution in [1.82, 2.24) is 19.1 Å². The SMILES string of the molecule is CCCCCCCCCCCCCCCCn1c(N2CCCC2)nc2c1c(=O)[nH]c(=O)n2C. The number of anilines is 1. The fraction of sp³-hybridized carbons (Fsp3) is 0.808. The molecular formula is C26H45N5O2. The molecule has 0 saturated carbocycles. The highest BCUT2D eigenvalue weighted by molar-refractivity contribution is 5.74. The van der Waals surface area contributed by atoms with Crippen molar-refractivity contribution in [2.75, 3.05) is 18.0 Å². The maximum absolute atomic E-state index is 12.6. The molecule has 0 unspecified atom stereocenters. The van der Waals surface area contributed by atoms with Gasteiger partial charge in [-0.25, -0.2) is 4.79 Å². The highest BCUT2D eigenvalue weighted by Crippen LogP contribution is 2.24. The Hall–Kier alpha value is -2.05. The number of aromatic nitrogens is 4. The van der Waals surface area contributed by atoms with Crippen LogP contribution in [0.4, 0.5) is 5.95 Å². The Bertz CT molecular complexity index is 952. The Morgan fingerprint density at radius 2 is 1.30 bits per heavy atom. The number of unbranched alkanes of at least 4 members (excludes halogenated alkanes) is 13. The molecule has 2 aromatic rings. The molecule has 3 rings (SSSR count). The van der Waals surface area contributed by atoms with E-state index >= 15 is 0 Å². The quantitative estimate of drug-likeness (QED) is 0.336. The van der Waals surface area contributed by atoms with E-state index in [9.17, 15) is 9.59 Å². The molecule has 0 aromatic carbocycles. The van der Waals surface area contributed by atoms with E-state index in [4.69, 9.17) is 4.98 Å². The van der Waals surface area contributed by atoms with Crippen LogP contribution in [0.5, 0.6) is 0 Å². The van der Waals surface area contributed by atoms with Gasteiger partial charge in [0, 0.05) is 26.7 Å². The zero-order valence-corrected chi connectivity index (χ0v) is 21.0. The standard InChI is InChI=1S/C26H45N5O2/c1-3-4-5-6-7-8-9-10-11-12-13-14-15-16-21-31-22-23(29(2)26(33)28-24(22)32)27-25(31)30-19-17-18-20-30/h3-21H2,1-2H3,(H,28,32,33). The van der Waals surface area contributed by atoms with E-state index in [1.807, 2.05) is 0 Å². The Morgan fingerprint density at radius 1 is 0.788 bits per heavy atom. The number of hydrogen-bond acceptors (Lipinski definition) is 4. The van der Waals surface area contributed by atoms with Gasteiger partial charge < -0.3 is 9.47 Å². The summed E-state index contributed by atoms with van der Waals surface area (Å²) in [5, 5.41) is 0. The number of nitrogens with zero attached hydrogens (tertiary/aromatic N) is 4. The predicted molar refractivity (Wildman–Crippen MR) is 137 cm³/mol. The fourth-order valence-electron chi connectivity index (χ4n) is 5.06. The number of fused-ring (bicyclic) bond motifs is 1. The van der Waals surface area contributed by atoms with Gasteiger partial charge in [0.2, 0.25) is 5.95 Å². The molecule has 1 fully saturated rings. The molecule has 7 nitrogen and oxygen atoms in total. The summed E-state index contributed by atoms with van der Waals surface area (Å²) < 4.78 is 3.51. The van der Waals surface area contributed by atoms with Crippen LogP contribution in [-0.4, -0.2) is 32.2 Å². The van der Waals surface area contributed by atoms with Crippen molar-refractivity contribution in [2.45, 2.75) is 116 Å². The molecule has 33 heavy (non-hydrogen) atoms.